The third-order valence-corrected chi connectivity index (χ3v) is 2.83. The van der Waals surface area contributed by atoms with E-state index < -0.39 is 5.54 Å². The van der Waals surface area contributed by atoms with E-state index in [-0.39, 0.29) is 11.9 Å². The van der Waals surface area contributed by atoms with E-state index in [0.29, 0.717) is 19.5 Å². The Labute approximate surface area is 89.8 Å². The highest BCUT2D eigenvalue weighted by molar-refractivity contribution is 5.86. The van der Waals surface area contributed by atoms with Gasteiger partial charge in [0.05, 0.1) is 19.1 Å². The summed E-state index contributed by atoms with van der Waals surface area (Å²) in [5.74, 6) is -0.226. The summed E-state index contributed by atoms with van der Waals surface area (Å²) in [7, 11) is 1.37. The Bertz CT molecular complexity index is 263. The molecule has 0 aromatic carbocycles. The van der Waals surface area contributed by atoms with Gasteiger partial charge in [0.2, 0.25) is 5.91 Å². The normalized spacial score (nSPS) is 20.9. The van der Waals surface area contributed by atoms with Crippen molar-refractivity contribution in [3.63, 3.8) is 0 Å². The SMILES string of the molecule is COC(=O)CCN1CCNC(=O)C1(C)C. The third kappa shape index (κ3) is 2.68. The van der Waals surface area contributed by atoms with Crippen LogP contribution in [-0.2, 0) is 14.3 Å². The monoisotopic (exact) mass is 214 g/mol. The van der Waals surface area contributed by atoms with Crippen LogP contribution >= 0.6 is 0 Å². The molecule has 5 nitrogen and oxygen atoms in total. The molecule has 1 saturated heterocycles. The Morgan fingerprint density at radius 2 is 2.27 bits per heavy atom. The molecular weight excluding hydrogens is 196 g/mol. The smallest absolute Gasteiger partial charge is 0.306 e. The highest BCUT2D eigenvalue weighted by Crippen LogP contribution is 2.17. The maximum absolute atomic E-state index is 11.6. The van der Waals surface area contributed by atoms with E-state index in [1.165, 1.54) is 7.11 Å². The van der Waals surface area contributed by atoms with Crippen LogP contribution in [0.5, 0.6) is 0 Å². The van der Waals surface area contributed by atoms with Gasteiger partial charge in [-0.25, -0.2) is 0 Å². The summed E-state index contributed by atoms with van der Waals surface area (Å²) < 4.78 is 4.57. The van der Waals surface area contributed by atoms with Crippen LogP contribution in [0.1, 0.15) is 20.3 Å². The molecule has 0 atom stereocenters. The lowest BCUT2D eigenvalue weighted by Gasteiger charge is -2.40. The fourth-order valence-corrected chi connectivity index (χ4v) is 1.66. The maximum Gasteiger partial charge on any atom is 0.306 e. The molecule has 0 aromatic heterocycles. The van der Waals surface area contributed by atoms with E-state index in [1.807, 2.05) is 18.7 Å². The summed E-state index contributed by atoms with van der Waals surface area (Å²) in [5.41, 5.74) is -0.535. The summed E-state index contributed by atoms with van der Waals surface area (Å²) in [5, 5.41) is 2.81. The number of hydrogen-bond donors (Lipinski definition) is 1. The van der Waals surface area contributed by atoms with Crippen LogP contribution < -0.4 is 5.32 Å². The van der Waals surface area contributed by atoms with Crippen molar-refractivity contribution in [1.29, 1.82) is 0 Å². The Morgan fingerprint density at radius 1 is 1.60 bits per heavy atom. The minimum absolute atomic E-state index is 0.0126. The van der Waals surface area contributed by atoms with Crippen molar-refractivity contribution in [1.82, 2.24) is 10.2 Å². The minimum atomic E-state index is -0.535. The molecule has 1 amide bonds. The van der Waals surface area contributed by atoms with Crippen LogP contribution in [0, 0.1) is 0 Å². The van der Waals surface area contributed by atoms with Gasteiger partial charge in [0.15, 0.2) is 0 Å². The van der Waals surface area contributed by atoms with Crippen LogP contribution in [0.25, 0.3) is 0 Å². The lowest BCUT2D eigenvalue weighted by Crippen LogP contribution is -2.61. The molecule has 0 aromatic rings. The van der Waals surface area contributed by atoms with Crippen molar-refractivity contribution >= 4 is 11.9 Å². The Hall–Kier alpha value is -1.10. The van der Waals surface area contributed by atoms with E-state index >= 15 is 0 Å². The standard InChI is InChI=1S/C10H18N2O3/c1-10(2)9(14)11-5-7-12(10)6-4-8(13)15-3/h4-7H2,1-3H3,(H,11,14). The van der Waals surface area contributed by atoms with Crippen molar-refractivity contribution in [2.45, 2.75) is 25.8 Å². The predicted octanol–water partition coefficient (Wildman–Crippen LogP) is -0.240. The zero-order chi connectivity index (χ0) is 11.5. The molecule has 0 bridgehead atoms. The second kappa shape index (κ2) is 4.61. The summed E-state index contributed by atoms with van der Waals surface area (Å²) in [6.45, 7) is 5.70. The van der Waals surface area contributed by atoms with Gasteiger partial charge in [-0.15, -0.1) is 0 Å². The number of amides is 1. The van der Waals surface area contributed by atoms with Crippen molar-refractivity contribution in [3.8, 4) is 0 Å². The van der Waals surface area contributed by atoms with Gasteiger partial charge in [0.1, 0.15) is 0 Å². The summed E-state index contributed by atoms with van der Waals surface area (Å²) in [6.07, 6.45) is 0.327. The highest BCUT2D eigenvalue weighted by Gasteiger charge is 2.37. The number of methoxy groups -OCH3 is 1. The minimum Gasteiger partial charge on any atom is -0.469 e. The molecule has 15 heavy (non-hydrogen) atoms. The highest BCUT2D eigenvalue weighted by atomic mass is 16.5. The largest absolute Gasteiger partial charge is 0.469 e. The number of ether oxygens (including phenoxy) is 1. The molecule has 0 unspecified atom stereocenters. The first kappa shape index (κ1) is 12.0. The number of nitrogens with zero attached hydrogens (tertiary/aromatic N) is 1. The molecule has 0 radical (unpaired) electrons. The van der Waals surface area contributed by atoms with Gasteiger partial charge >= 0.3 is 5.97 Å². The topological polar surface area (TPSA) is 58.6 Å². The van der Waals surface area contributed by atoms with E-state index in [4.69, 9.17) is 0 Å². The van der Waals surface area contributed by atoms with Gasteiger partial charge in [0.25, 0.3) is 0 Å². The van der Waals surface area contributed by atoms with Crippen LogP contribution in [0.4, 0.5) is 0 Å². The predicted molar refractivity (Wildman–Crippen MR) is 55.3 cm³/mol. The van der Waals surface area contributed by atoms with E-state index in [9.17, 15) is 9.59 Å². The van der Waals surface area contributed by atoms with E-state index in [1.54, 1.807) is 0 Å². The fourth-order valence-electron chi connectivity index (χ4n) is 1.66. The van der Waals surface area contributed by atoms with Crippen molar-refractivity contribution in [2.24, 2.45) is 0 Å². The summed E-state index contributed by atoms with van der Waals surface area (Å²) in [6, 6.07) is 0. The van der Waals surface area contributed by atoms with Crippen molar-refractivity contribution in [2.75, 3.05) is 26.7 Å². The number of nitrogens with one attached hydrogen (secondary N) is 1. The molecule has 5 heteroatoms. The van der Waals surface area contributed by atoms with E-state index in [2.05, 4.69) is 10.1 Å². The average molecular weight is 214 g/mol. The van der Waals surface area contributed by atoms with Gasteiger partial charge in [-0.2, -0.15) is 0 Å². The molecule has 0 saturated carbocycles. The summed E-state index contributed by atoms with van der Waals surface area (Å²) >= 11 is 0. The molecule has 1 N–H and O–H groups in total. The molecule has 1 aliphatic heterocycles. The average Bonchev–Trinajstić information content (AvgIpc) is 2.20. The molecule has 1 aliphatic rings. The molecule has 1 heterocycles. The Balaban J connectivity index is 2.53. The number of piperazine rings is 1. The zero-order valence-electron chi connectivity index (χ0n) is 9.50. The lowest BCUT2D eigenvalue weighted by molar-refractivity contribution is -0.143. The van der Waals surface area contributed by atoms with Gasteiger partial charge in [-0.1, -0.05) is 0 Å². The quantitative estimate of drug-likeness (QED) is 0.659. The number of rotatable bonds is 3. The fraction of sp³-hybridized carbons (Fsp3) is 0.800. The first-order valence-corrected chi connectivity index (χ1v) is 5.08. The van der Waals surface area contributed by atoms with Crippen molar-refractivity contribution in [3.05, 3.63) is 0 Å². The van der Waals surface area contributed by atoms with Crippen molar-refractivity contribution < 1.29 is 14.3 Å². The molecule has 86 valence electrons. The molecule has 0 aliphatic carbocycles. The molecule has 1 rings (SSSR count). The number of esters is 1. The van der Waals surface area contributed by atoms with Gasteiger partial charge in [0, 0.05) is 19.6 Å². The number of hydrogen-bond acceptors (Lipinski definition) is 4. The first-order valence-electron chi connectivity index (χ1n) is 5.08. The van der Waals surface area contributed by atoms with Gasteiger partial charge < -0.3 is 10.1 Å². The third-order valence-electron chi connectivity index (χ3n) is 2.83. The van der Waals surface area contributed by atoms with Gasteiger partial charge in [-0.3, -0.25) is 14.5 Å². The number of carbonyl (C=O) groups excluding carboxylic acids is 2. The summed E-state index contributed by atoms with van der Waals surface area (Å²) in [4.78, 5) is 24.6. The van der Waals surface area contributed by atoms with Crippen LogP contribution in [0.15, 0.2) is 0 Å². The Kier molecular flexibility index (Phi) is 3.68. The van der Waals surface area contributed by atoms with Crippen LogP contribution in [0.3, 0.4) is 0 Å². The lowest BCUT2D eigenvalue weighted by atomic mass is 9.99. The molecular formula is C10H18N2O3. The van der Waals surface area contributed by atoms with Crippen LogP contribution in [0.2, 0.25) is 0 Å². The Morgan fingerprint density at radius 3 is 2.87 bits per heavy atom. The van der Waals surface area contributed by atoms with Crippen LogP contribution in [-0.4, -0.2) is 49.1 Å². The van der Waals surface area contributed by atoms with Gasteiger partial charge in [-0.05, 0) is 13.8 Å². The molecule has 0 spiro atoms. The first-order chi connectivity index (χ1) is 6.98. The second-order valence-corrected chi connectivity index (χ2v) is 4.13. The van der Waals surface area contributed by atoms with E-state index in [0.717, 1.165) is 6.54 Å². The number of carbonyl (C=O) groups is 2. The molecule has 1 fully saturated rings. The second-order valence-electron chi connectivity index (χ2n) is 4.13. The maximum atomic E-state index is 11.6. The zero-order valence-corrected chi connectivity index (χ0v) is 9.50.